The van der Waals surface area contributed by atoms with Gasteiger partial charge in [-0.2, -0.15) is 0 Å². The molecule has 0 spiro atoms. The van der Waals surface area contributed by atoms with Gasteiger partial charge in [-0.1, -0.05) is 24.3 Å². The molecule has 0 heterocycles. The molecule has 0 bridgehead atoms. The first-order valence-corrected chi connectivity index (χ1v) is 7.36. The zero-order valence-electron chi connectivity index (χ0n) is 12.1. The lowest BCUT2D eigenvalue weighted by Gasteiger charge is -2.28. The van der Waals surface area contributed by atoms with E-state index in [1.54, 1.807) is 0 Å². The Morgan fingerprint density at radius 3 is 2.67 bits per heavy atom. The SMILES string of the molecule is CC(=O)Oc1ccc(C2=CC=C3C(=O)CCCC3C2)cc1. The second kappa shape index (κ2) is 5.68. The van der Waals surface area contributed by atoms with Gasteiger partial charge in [0.25, 0.3) is 0 Å². The van der Waals surface area contributed by atoms with Crippen molar-refractivity contribution in [2.75, 3.05) is 0 Å². The maximum Gasteiger partial charge on any atom is 0.308 e. The molecule has 3 heteroatoms. The number of fused-ring (bicyclic) bond motifs is 1. The van der Waals surface area contributed by atoms with Gasteiger partial charge in [-0.05, 0) is 54.0 Å². The van der Waals surface area contributed by atoms with E-state index >= 15 is 0 Å². The normalized spacial score (nSPS) is 21.2. The monoisotopic (exact) mass is 282 g/mol. The second-order valence-electron chi connectivity index (χ2n) is 5.65. The third-order valence-corrected chi connectivity index (χ3v) is 4.14. The number of ether oxygens (including phenoxy) is 1. The molecule has 0 aromatic heterocycles. The lowest BCUT2D eigenvalue weighted by atomic mass is 9.76. The van der Waals surface area contributed by atoms with Gasteiger partial charge in [0.2, 0.25) is 0 Å². The van der Waals surface area contributed by atoms with Gasteiger partial charge in [-0.15, -0.1) is 0 Å². The van der Waals surface area contributed by atoms with E-state index in [0.717, 1.165) is 30.4 Å². The van der Waals surface area contributed by atoms with Gasteiger partial charge in [-0.25, -0.2) is 0 Å². The van der Waals surface area contributed by atoms with E-state index in [9.17, 15) is 9.59 Å². The summed E-state index contributed by atoms with van der Waals surface area (Å²) in [5, 5.41) is 0. The van der Waals surface area contributed by atoms with Crippen LogP contribution in [0.4, 0.5) is 0 Å². The summed E-state index contributed by atoms with van der Waals surface area (Å²) in [6.07, 6.45) is 7.76. The second-order valence-corrected chi connectivity index (χ2v) is 5.65. The fourth-order valence-corrected chi connectivity index (χ4v) is 3.12. The fraction of sp³-hybridized carbons (Fsp3) is 0.333. The average Bonchev–Trinajstić information content (AvgIpc) is 2.47. The number of hydrogen-bond acceptors (Lipinski definition) is 3. The molecule has 1 unspecified atom stereocenters. The maximum atomic E-state index is 11.9. The van der Waals surface area contributed by atoms with Crippen LogP contribution in [0.3, 0.4) is 0 Å². The largest absolute Gasteiger partial charge is 0.427 e. The zero-order chi connectivity index (χ0) is 14.8. The standard InChI is InChI=1S/C18H18O3/c1-12(19)21-16-8-5-13(6-9-16)14-7-10-17-15(11-14)3-2-4-18(17)20/h5-10,15H,2-4,11H2,1H3. The van der Waals surface area contributed by atoms with Gasteiger partial charge >= 0.3 is 5.97 Å². The summed E-state index contributed by atoms with van der Waals surface area (Å²) in [5.41, 5.74) is 3.37. The topological polar surface area (TPSA) is 43.4 Å². The molecule has 1 saturated carbocycles. The molecule has 0 N–H and O–H groups in total. The molecule has 0 aliphatic heterocycles. The summed E-state index contributed by atoms with van der Waals surface area (Å²) in [7, 11) is 0. The Bertz CT molecular complexity index is 635. The van der Waals surface area contributed by atoms with Gasteiger partial charge in [0.15, 0.2) is 5.78 Å². The van der Waals surface area contributed by atoms with Crippen LogP contribution in [0.15, 0.2) is 42.0 Å². The Morgan fingerprint density at radius 2 is 1.95 bits per heavy atom. The molecule has 1 aromatic carbocycles. The minimum atomic E-state index is -0.312. The fourth-order valence-electron chi connectivity index (χ4n) is 3.12. The number of carbonyl (C=O) groups excluding carboxylic acids is 2. The molecule has 21 heavy (non-hydrogen) atoms. The van der Waals surface area contributed by atoms with E-state index in [0.29, 0.717) is 23.9 Å². The minimum absolute atomic E-state index is 0.312. The first-order chi connectivity index (χ1) is 10.1. The van der Waals surface area contributed by atoms with Crippen LogP contribution in [-0.2, 0) is 9.59 Å². The number of hydrogen-bond donors (Lipinski definition) is 0. The van der Waals surface area contributed by atoms with E-state index in [1.807, 2.05) is 30.3 Å². The van der Waals surface area contributed by atoms with Crippen molar-refractivity contribution in [2.45, 2.75) is 32.6 Å². The first kappa shape index (κ1) is 13.8. The number of carbonyl (C=O) groups is 2. The summed E-state index contributed by atoms with van der Waals surface area (Å²) in [4.78, 5) is 22.8. The molecule has 0 amide bonds. The molecular weight excluding hydrogens is 264 g/mol. The van der Waals surface area contributed by atoms with Crippen molar-refractivity contribution in [3.63, 3.8) is 0 Å². The van der Waals surface area contributed by atoms with Crippen LogP contribution in [0.1, 0.15) is 38.2 Å². The number of allylic oxidation sites excluding steroid dienone is 4. The maximum absolute atomic E-state index is 11.9. The number of ketones is 1. The summed E-state index contributed by atoms with van der Waals surface area (Å²) in [5.74, 6) is 0.936. The zero-order valence-corrected chi connectivity index (χ0v) is 12.1. The van der Waals surface area contributed by atoms with Gasteiger partial charge in [0.05, 0.1) is 0 Å². The van der Waals surface area contributed by atoms with Crippen molar-refractivity contribution in [3.05, 3.63) is 47.6 Å². The van der Waals surface area contributed by atoms with Gasteiger partial charge in [-0.3, -0.25) is 9.59 Å². The first-order valence-electron chi connectivity index (χ1n) is 7.36. The summed E-state index contributed by atoms with van der Waals surface area (Å²) in [6, 6.07) is 7.55. The summed E-state index contributed by atoms with van der Waals surface area (Å²) in [6.45, 7) is 1.39. The predicted molar refractivity (Wildman–Crippen MR) is 80.8 cm³/mol. The van der Waals surface area contributed by atoms with Gasteiger partial charge in [0, 0.05) is 13.3 Å². The molecular formula is C18H18O3. The highest BCUT2D eigenvalue weighted by Gasteiger charge is 2.28. The van der Waals surface area contributed by atoms with Crippen LogP contribution in [0.5, 0.6) is 5.75 Å². The van der Waals surface area contributed by atoms with Gasteiger partial charge < -0.3 is 4.74 Å². The summed E-state index contributed by atoms with van der Waals surface area (Å²) >= 11 is 0. The number of benzene rings is 1. The van der Waals surface area contributed by atoms with Crippen LogP contribution in [0.2, 0.25) is 0 Å². The molecule has 108 valence electrons. The smallest absolute Gasteiger partial charge is 0.308 e. The third kappa shape index (κ3) is 2.97. The lowest BCUT2D eigenvalue weighted by molar-refractivity contribution is -0.131. The van der Waals surface area contributed by atoms with Crippen LogP contribution in [0.25, 0.3) is 5.57 Å². The summed E-state index contributed by atoms with van der Waals surface area (Å²) < 4.78 is 5.04. The van der Waals surface area contributed by atoms with Gasteiger partial charge in [0.1, 0.15) is 5.75 Å². The Labute approximate surface area is 124 Å². The van der Waals surface area contributed by atoms with Crippen LogP contribution >= 0.6 is 0 Å². The molecule has 0 radical (unpaired) electrons. The van der Waals surface area contributed by atoms with Crippen molar-refractivity contribution in [2.24, 2.45) is 5.92 Å². The van der Waals surface area contributed by atoms with Crippen molar-refractivity contribution in [1.82, 2.24) is 0 Å². The third-order valence-electron chi connectivity index (χ3n) is 4.14. The van der Waals surface area contributed by atoms with E-state index in [2.05, 4.69) is 6.08 Å². The molecule has 1 atom stereocenters. The molecule has 0 saturated heterocycles. The predicted octanol–water partition coefficient (Wildman–Crippen LogP) is 3.69. The lowest BCUT2D eigenvalue weighted by Crippen LogP contribution is -2.21. The van der Waals surface area contributed by atoms with E-state index in [4.69, 9.17) is 4.74 Å². The minimum Gasteiger partial charge on any atom is -0.427 e. The van der Waals surface area contributed by atoms with E-state index in [-0.39, 0.29) is 5.97 Å². The van der Waals surface area contributed by atoms with Crippen LogP contribution in [0, 0.1) is 5.92 Å². The van der Waals surface area contributed by atoms with Crippen molar-refractivity contribution < 1.29 is 14.3 Å². The molecule has 2 aliphatic carbocycles. The van der Waals surface area contributed by atoms with Crippen LogP contribution in [-0.4, -0.2) is 11.8 Å². The Balaban J connectivity index is 1.81. The van der Waals surface area contributed by atoms with Crippen molar-refractivity contribution in [1.29, 1.82) is 0 Å². The highest BCUT2D eigenvalue weighted by atomic mass is 16.5. The van der Waals surface area contributed by atoms with Crippen LogP contribution < -0.4 is 4.74 Å². The molecule has 3 rings (SSSR count). The molecule has 2 aliphatic rings. The highest BCUT2D eigenvalue weighted by molar-refractivity contribution is 5.98. The van der Waals surface area contributed by atoms with Crippen molar-refractivity contribution in [3.8, 4) is 5.75 Å². The average molecular weight is 282 g/mol. The molecule has 1 fully saturated rings. The Morgan fingerprint density at radius 1 is 1.19 bits per heavy atom. The number of esters is 1. The number of rotatable bonds is 2. The Kier molecular flexibility index (Phi) is 3.74. The number of Topliss-reactive ketones (excluding diaryl/α,β-unsaturated/α-hetero) is 1. The molecule has 3 nitrogen and oxygen atoms in total. The van der Waals surface area contributed by atoms with E-state index in [1.165, 1.54) is 12.5 Å². The quantitative estimate of drug-likeness (QED) is 0.613. The Hall–Kier alpha value is -2.16. The highest BCUT2D eigenvalue weighted by Crippen LogP contribution is 2.38. The molecule has 1 aromatic rings. The van der Waals surface area contributed by atoms with E-state index < -0.39 is 0 Å². The van der Waals surface area contributed by atoms with Crippen molar-refractivity contribution >= 4 is 17.3 Å².